The van der Waals surface area contributed by atoms with Gasteiger partial charge in [-0.25, -0.2) is 0 Å². The number of nitrogens with one attached hydrogen (secondary N) is 1. The summed E-state index contributed by atoms with van der Waals surface area (Å²) in [6.07, 6.45) is -0.554. The Morgan fingerprint density at radius 2 is 1.55 bits per heavy atom. The van der Waals surface area contributed by atoms with E-state index in [-0.39, 0.29) is 5.91 Å². The predicted octanol–water partition coefficient (Wildman–Crippen LogP) is 4.33. The molecule has 0 aliphatic heterocycles. The zero-order valence-electron chi connectivity index (χ0n) is 13.9. The molecule has 0 fully saturated rings. The van der Waals surface area contributed by atoms with Gasteiger partial charge < -0.3 is 10.1 Å². The summed E-state index contributed by atoms with van der Waals surface area (Å²) in [5.41, 5.74) is 5.26. The summed E-state index contributed by atoms with van der Waals surface area (Å²) in [4.78, 5) is 12.3. The van der Waals surface area contributed by atoms with Crippen molar-refractivity contribution < 1.29 is 9.53 Å². The van der Waals surface area contributed by atoms with Crippen LogP contribution in [0.15, 0.2) is 36.4 Å². The molecule has 1 N–H and O–H groups in total. The van der Waals surface area contributed by atoms with Crippen molar-refractivity contribution >= 4 is 11.6 Å². The van der Waals surface area contributed by atoms with E-state index in [1.54, 1.807) is 6.92 Å². The number of aryl methyl sites for hydroxylation is 4. The Bertz CT molecular complexity index is 692. The second-order valence-electron chi connectivity index (χ2n) is 5.84. The largest absolute Gasteiger partial charge is 0.481 e. The minimum atomic E-state index is -0.554. The molecule has 0 unspecified atom stereocenters. The standard InChI is InChI=1S/C19H23NO2/c1-12-6-8-17(14(3)10-12)20-19(21)16(5)22-18-9-7-13(2)11-15(18)4/h6-11,16H,1-5H3,(H,20,21)/t16-/m1/s1. The molecule has 2 rings (SSSR count). The lowest BCUT2D eigenvalue weighted by atomic mass is 10.1. The van der Waals surface area contributed by atoms with E-state index in [0.29, 0.717) is 0 Å². The molecule has 2 aromatic carbocycles. The Hall–Kier alpha value is -2.29. The number of ether oxygens (including phenoxy) is 1. The van der Waals surface area contributed by atoms with Crippen molar-refractivity contribution in [3.05, 3.63) is 58.7 Å². The van der Waals surface area contributed by atoms with E-state index in [1.807, 2.05) is 64.1 Å². The maximum Gasteiger partial charge on any atom is 0.265 e. The lowest BCUT2D eigenvalue weighted by Gasteiger charge is -2.17. The van der Waals surface area contributed by atoms with Crippen molar-refractivity contribution in [2.45, 2.75) is 40.7 Å². The smallest absolute Gasteiger partial charge is 0.265 e. The first-order valence-electron chi connectivity index (χ1n) is 7.49. The van der Waals surface area contributed by atoms with Gasteiger partial charge in [-0.3, -0.25) is 4.79 Å². The van der Waals surface area contributed by atoms with Crippen molar-refractivity contribution in [1.29, 1.82) is 0 Å². The average molecular weight is 297 g/mol. The Morgan fingerprint density at radius 1 is 0.955 bits per heavy atom. The molecule has 1 atom stereocenters. The fourth-order valence-corrected chi connectivity index (χ4v) is 2.36. The molecule has 3 nitrogen and oxygen atoms in total. The summed E-state index contributed by atoms with van der Waals surface area (Å²) in [5.74, 6) is 0.598. The van der Waals surface area contributed by atoms with Crippen LogP contribution in [0.5, 0.6) is 5.75 Å². The Balaban J connectivity index is 2.05. The number of benzene rings is 2. The van der Waals surface area contributed by atoms with Crippen molar-refractivity contribution in [3.63, 3.8) is 0 Å². The monoisotopic (exact) mass is 297 g/mol. The van der Waals surface area contributed by atoms with E-state index in [2.05, 4.69) is 5.32 Å². The molecular formula is C19H23NO2. The van der Waals surface area contributed by atoms with Gasteiger partial charge in [-0.05, 0) is 57.9 Å². The summed E-state index contributed by atoms with van der Waals surface area (Å²) in [6.45, 7) is 9.80. The molecule has 0 heterocycles. The molecule has 22 heavy (non-hydrogen) atoms. The number of rotatable bonds is 4. The lowest BCUT2D eigenvalue weighted by molar-refractivity contribution is -0.122. The van der Waals surface area contributed by atoms with Crippen molar-refractivity contribution in [1.82, 2.24) is 0 Å². The fourth-order valence-electron chi connectivity index (χ4n) is 2.36. The minimum Gasteiger partial charge on any atom is -0.481 e. The van der Waals surface area contributed by atoms with Gasteiger partial charge in [-0.15, -0.1) is 0 Å². The maximum absolute atomic E-state index is 12.3. The van der Waals surface area contributed by atoms with Gasteiger partial charge >= 0.3 is 0 Å². The van der Waals surface area contributed by atoms with Gasteiger partial charge in [-0.2, -0.15) is 0 Å². The van der Waals surface area contributed by atoms with Crippen LogP contribution >= 0.6 is 0 Å². The zero-order valence-corrected chi connectivity index (χ0v) is 13.9. The van der Waals surface area contributed by atoms with Gasteiger partial charge in [0, 0.05) is 5.69 Å². The summed E-state index contributed by atoms with van der Waals surface area (Å²) in [7, 11) is 0. The van der Waals surface area contributed by atoms with Gasteiger partial charge in [-0.1, -0.05) is 35.4 Å². The summed E-state index contributed by atoms with van der Waals surface area (Å²) in [5, 5.41) is 2.92. The van der Waals surface area contributed by atoms with E-state index >= 15 is 0 Å². The molecule has 2 aromatic rings. The number of carbonyl (C=O) groups is 1. The molecule has 0 saturated carbocycles. The van der Waals surface area contributed by atoms with Crippen LogP contribution in [0.3, 0.4) is 0 Å². The molecule has 0 saturated heterocycles. The van der Waals surface area contributed by atoms with Crippen LogP contribution in [0, 0.1) is 27.7 Å². The predicted molar refractivity (Wildman–Crippen MR) is 90.6 cm³/mol. The van der Waals surface area contributed by atoms with E-state index in [9.17, 15) is 4.79 Å². The number of hydrogen-bond acceptors (Lipinski definition) is 2. The third-order valence-electron chi connectivity index (χ3n) is 3.64. The fraction of sp³-hybridized carbons (Fsp3) is 0.316. The van der Waals surface area contributed by atoms with E-state index in [4.69, 9.17) is 4.74 Å². The summed E-state index contributed by atoms with van der Waals surface area (Å²) >= 11 is 0. The second kappa shape index (κ2) is 6.65. The minimum absolute atomic E-state index is 0.146. The number of carbonyl (C=O) groups excluding carboxylic acids is 1. The van der Waals surface area contributed by atoms with Crippen molar-refractivity contribution in [2.75, 3.05) is 5.32 Å². The first-order valence-corrected chi connectivity index (χ1v) is 7.49. The molecule has 1 amide bonds. The quantitative estimate of drug-likeness (QED) is 0.912. The van der Waals surface area contributed by atoms with Crippen LogP contribution in [0.2, 0.25) is 0 Å². The van der Waals surface area contributed by atoms with Gasteiger partial charge in [0.05, 0.1) is 0 Å². The van der Waals surface area contributed by atoms with Crippen molar-refractivity contribution in [2.24, 2.45) is 0 Å². The lowest BCUT2D eigenvalue weighted by Crippen LogP contribution is -2.30. The van der Waals surface area contributed by atoms with Crippen LogP contribution in [0.4, 0.5) is 5.69 Å². The summed E-state index contributed by atoms with van der Waals surface area (Å²) in [6, 6.07) is 11.9. The molecule has 0 bridgehead atoms. The third-order valence-corrected chi connectivity index (χ3v) is 3.64. The van der Waals surface area contributed by atoms with Crippen molar-refractivity contribution in [3.8, 4) is 5.75 Å². The highest BCUT2D eigenvalue weighted by atomic mass is 16.5. The zero-order chi connectivity index (χ0) is 16.3. The van der Waals surface area contributed by atoms with Gasteiger partial charge in [0.15, 0.2) is 6.10 Å². The van der Waals surface area contributed by atoms with E-state index < -0.39 is 6.10 Å². The molecule has 0 aliphatic carbocycles. The Morgan fingerprint density at radius 3 is 2.14 bits per heavy atom. The Kier molecular flexibility index (Phi) is 4.86. The molecular weight excluding hydrogens is 274 g/mol. The highest BCUT2D eigenvalue weighted by Crippen LogP contribution is 2.21. The molecule has 116 valence electrons. The highest BCUT2D eigenvalue weighted by Gasteiger charge is 2.16. The van der Waals surface area contributed by atoms with Crippen LogP contribution in [0.1, 0.15) is 29.2 Å². The van der Waals surface area contributed by atoms with Gasteiger partial charge in [0.2, 0.25) is 0 Å². The number of amides is 1. The summed E-state index contributed by atoms with van der Waals surface area (Å²) < 4.78 is 5.79. The molecule has 0 radical (unpaired) electrons. The van der Waals surface area contributed by atoms with Crippen LogP contribution in [-0.2, 0) is 4.79 Å². The van der Waals surface area contributed by atoms with E-state index in [1.165, 1.54) is 11.1 Å². The highest BCUT2D eigenvalue weighted by molar-refractivity contribution is 5.94. The normalized spacial score (nSPS) is 11.9. The Labute approximate surface area is 132 Å². The second-order valence-corrected chi connectivity index (χ2v) is 5.84. The van der Waals surface area contributed by atoms with Crippen LogP contribution in [0.25, 0.3) is 0 Å². The average Bonchev–Trinajstić information content (AvgIpc) is 2.44. The van der Waals surface area contributed by atoms with Gasteiger partial charge in [0.25, 0.3) is 5.91 Å². The van der Waals surface area contributed by atoms with Gasteiger partial charge in [0.1, 0.15) is 5.75 Å². The molecule has 0 spiro atoms. The van der Waals surface area contributed by atoms with Crippen LogP contribution in [-0.4, -0.2) is 12.0 Å². The van der Waals surface area contributed by atoms with Crippen LogP contribution < -0.4 is 10.1 Å². The number of anilines is 1. The molecule has 0 aliphatic rings. The topological polar surface area (TPSA) is 38.3 Å². The molecule has 0 aromatic heterocycles. The maximum atomic E-state index is 12.3. The van der Waals surface area contributed by atoms with E-state index in [0.717, 1.165) is 22.6 Å². The third kappa shape index (κ3) is 3.88. The first kappa shape index (κ1) is 16.1. The first-order chi connectivity index (χ1) is 10.4. The number of hydrogen-bond donors (Lipinski definition) is 1. The SMILES string of the molecule is Cc1ccc(NC(=O)[C@@H](C)Oc2ccc(C)cc2C)c(C)c1. The molecule has 3 heteroatoms.